The highest BCUT2D eigenvalue weighted by atomic mass is 19.3. The van der Waals surface area contributed by atoms with Crippen LogP contribution >= 0.6 is 0 Å². The molecule has 4 rings (SSSR count). The summed E-state index contributed by atoms with van der Waals surface area (Å²) in [6, 6.07) is 1.09. The Morgan fingerprint density at radius 1 is 1.28 bits per heavy atom. The van der Waals surface area contributed by atoms with Crippen LogP contribution in [0.1, 0.15) is 41.2 Å². The molecular formula is C20H21F3N2O4. The summed E-state index contributed by atoms with van der Waals surface area (Å²) in [5.74, 6) is -2.74. The fourth-order valence-corrected chi connectivity index (χ4v) is 4.33. The van der Waals surface area contributed by atoms with Gasteiger partial charge in [-0.3, -0.25) is 4.79 Å². The molecule has 1 aromatic carbocycles. The number of aromatic carboxylic acids is 1. The van der Waals surface area contributed by atoms with Crippen molar-refractivity contribution in [2.45, 2.75) is 44.8 Å². The second-order valence-corrected chi connectivity index (χ2v) is 7.86. The third-order valence-corrected chi connectivity index (χ3v) is 5.93. The highest BCUT2D eigenvalue weighted by Crippen LogP contribution is 2.41. The van der Waals surface area contributed by atoms with Gasteiger partial charge >= 0.3 is 5.97 Å². The van der Waals surface area contributed by atoms with E-state index in [1.807, 2.05) is 0 Å². The van der Waals surface area contributed by atoms with Crippen LogP contribution in [-0.2, 0) is 0 Å². The molecule has 2 aromatic rings. The SMILES string of the molecule is Cc1c(N2CC[C@@H]([C@H](O)C(F)F)C2)c(F)cc2c(=O)c(C(=O)O)cn(C3CC3)c12. The van der Waals surface area contributed by atoms with Crippen LogP contribution in [0.5, 0.6) is 0 Å². The van der Waals surface area contributed by atoms with Gasteiger partial charge in [0, 0.05) is 36.6 Å². The molecule has 1 saturated carbocycles. The molecule has 1 aromatic heterocycles. The number of anilines is 1. The number of aromatic nitrogens is 1. The third-order valence-electron chi connectivity index (χ3n) is 5.93. The van der Waals surface area contributed by atoms with Gasteiger partial charge in [0.15, 0.2) is 0 Å². The Hall–Kier alpha value is -2.55. The van der Waals surface area contributed by atoms with E-state index in [9.17, 15) is 28.6 Å². The molecule has 0 radical (unpaired) electrons. The van der Waals surface area contributed by atoms with Gasteiger partial charge in [-0.25, -0.2) is 18.0 Å². The van der Waals surface area contributed by atoms with Crippen LogP contribution in [-0.4, -0.2) is 46.4 Å². The fourth-order valence-electron chi connectivity index (χ4n) is 4.33. The van der Waals surface area contributed by atoms with Crippen molar-refractivity contribution in [1.29, 1.82) is 0 Å². The van der Waals surface area contributed by atoms with Gasteiger partial charge in [-0.1, -0.05) is 0 Å². The zero-order valence-electron chi connectivity index (χ0n) is 15.7. The number of nitrogens with zero attached hydrogens (tertiary/aromatic N) is 2. The predicted octanol–water partition coefficient (Wildman–Crippen LogP) is 2.93. The molecule has 2 aliphatic rings. The van der Waals surface area contributed by atoms with Gasteiger partial charge in [0.1, 0.15) is 17.5 Å². The average molecular weight is 410 g/mol. The molecule has 2 N–H and O–H groups in total. The fraction of sp³-hybridized carbons (Fsp3) is 0.500. The Balaban J connectivity index is 1.85. The van der Waals surface area contributed by atoms with Crippen LogP contribution < -0.4 is 10.3 Å². The van der Waals surface area contributed by atoms with Crippen molar-refractivity contribution in [2.24, 2.45) is 5.92 Å². The van der Waals surface area contributed by atoms with Crippen LogP contribution in [0.15, 0.2) is 17.1 Å². The minimum atomic E-state index is -2.86. The van der Waals surface area contributed by atoms with Crippen molar-refractivity contribution in [3.05, 3.63) is 39.4 Å². The Morgan fingerprint density at radius 3 is 2.55 bits per heavy atom. The average Bonchev–Trinajstić information content (AvgIpc) is 3.39. The first-order valence-corrected chi connectivity index (χ1v) is 9.53. The van der Waals surface area contributed by atoms with Crippen molar-refractivity contribution < 1.29 is 28.2 Å². The van der Waals surface area contributed by atoms with E-state index in [4.69, 9.17) is 0 Å². The van der Waals surface area contributed by atoms with E-state index in [-0.39, 0.29) is 23.7 Å². The van der Waals surface area contributed by atoms with Gasteiger partial charge in [-0.05, 0) is 37.8 Å². The maximum absolute atomic E-state index is 15.0. The number of hydrogen-bond acceptors (Lipinski definition) is 4. The molecule has 29 heavy (non-hydrogen) atoms. The lowest BCUT2D eigenvalue weighted by atomic mass is 10.0. The smallest absolute Gasteiger partial charge is 0.341 e. The monoisotopic (exact) mass is 410 g/mol. The van der Waals surface area contributed by atoms with E-state index < -0.39 is 41.2 Å². The number of hydrogen-bond donors (Lipinski definition) is 2. The van der Waals surface area contributed by atoms with E-state index >= 15 is 4.39 Å². The highest BCUT2D eigenvalue weighted by Gasteiger charge is 2.36. The number of aliphatic hydroxyl groups is 1. The van der Waals surface area contributed by atoms with Crippen molar-refractivity contribution in [3.63, 3.8) is 0 Å². The summed E-state index contributed by atoms with van der Waals surface area (Å²) >= 11 is 0. The number of carbonyl (C=O) groups is 1. The molecule has 1 saturated heterocycles. The first kappa shape index (κ1) is 19.8. The number of benzene rings is 1. The third kappa shape index (κ3) is 3.27. The summed E-state index contributed by atoms with van der Waals surface area (Å²) in [5, 5.41) is 19.0. The van der Waals surface area contributed by atoms with Crippen LogP contribution in [0.25, 0.3) is 10.9 Å². The zero-order chi connectivity index (χ0) is 21.0. The first-order chi connectivity index (χ1) is 13.7. The molecule has 2 heterocycles. The molecule has 9 heteroatoms. The van der Waals surface area contributed by atoms with Gasteiger partial charge in [-0.2, -0.15) is 0 Å². The summed E-state index contributed by atoms with van der Waals surface area (Å²) < 4.78 is 42.4. The van der Waals surface area contributed by atoms with Gasteiger partial charge in [-0.15, -0.1) is 0 Å². The number of alkyl halides is 2. The summed E-state index contributed by atoms with van der Waals surface area (Å²) in [6.07, 6.45) is -1.36. The number of carboxylic acids is 1. The van der Waals surface area contributed by atoms with Crippen LogP contribution in [0.2, 0.25) is 0 Å². The van der Waals surface area contributed by atoms with Gasteiger partial charge in [0.05, 0.1) is 11.2 Å². The number of aliphatic hydroxyl groups excluding tert-OH is 1. The quantitative estimate of drug-likeness (QED) is 0.792. The highest BCUT2D eigenvalue weighted by molar-refractivity contribution is 5.95. The molecule has 0 amide bonds. The van der Waals surface area contributed by atoms with Gasteiger partial charge < -0.3 is 19.7 Å². The van der Waals surface area contributed by atoms with Crippen molar-refractivity contribution in [2.75, 3.05) is 18.0 Å². The van der Waals surface area contributed by atoms with Crippen molar-refractivity contribution in [3.8, 4) is 0 Å². The lowest BCUT2D eigenvalue weighted by Gasteiger charge is -2.25. The number of carboxylic acid groups (broad SMARTS) is 1. The van der Waals surface area contributed by atoms with Crippen LogP contribution in [0.3, 0.4) is 0 Å². The second kappa shape index (κ2) is 7.05. The van der Waals surface area contributed by atoms with Crippen LogP contribution in [0.4, 0.5) is 18.9 Å². The molecule has 156 valence electrons. The Kier molecular flexibility index (Phi) is 4.80. The minimum Gasteiger partial charge on any atom is -0.477 e. The van der Waals surface area contributed by atoms with E-state index in [0.717, 1.165) is 18.9 Å². The predicted molar refractivity (Wildman–Crippen MR) is 100 cm³/mol. The Bertz CT molecular complexity index is 1050. The molecule has 0 unspecified atom stereocenters. The maximum atomic E-state index is 15.0. The van der Waals surface area contributed by atoms with E-state index in [2.05, 4.69) is 0 Å². The molecule has 0 bridgehead atoms. The van der Waals surface area contributed by atoms with Crippen molar-refractivity contribution >= 4 is 22.6 Å². The van der Waals surface area contributed by atoms with Crippen molar-refractivity contribution in [1.82, 2.24) is 4.57 Å². The molecule has 1 aliphatic carbocycles. The van der Waals surface area contributed by atoms with E-state index in [1.165, 1.54) is 6.20 Å². The van der Waals surface area contributed by atoms with E-state index in [1.54, 1.807) is 16.4 Å². The Morgan fingerprint density at radius 2 is 1.97 bits per heavy atom. The molecule has 1 aliphatic heterocycles. The number of pyridine rings is 1. The second-order valence-electron chi connectivity index (χ2n) is 7.86. The number of aryl methyl sites for hydroxylation is 1. The lowest BCUT2D eigenvalue weighted by molar-refractivity contribution is -0.0334. The number of fused-ring (bicyclic) bond motifs is 1. The summed E-state index contributed by atoms with van der Waals surface area (Å²) in [7, 11) is 0. The van der Waals surface area contributed by atoms with E-state index in [0.29, 0.717) is 24.0 Å². The molecular weight excluding hydrogens is 389 g/mol. The van der Waals surface area contributed by atoms with Gasteiger partial charge in [0.2, 0.25) is 5.43 Å². The number of rotatable bonds is 5. The summed E-state index contributed by atoms with van der Waals surface area (Å²) in [5.41, 5.74) is -0.00848. The topological polar surface area (TPSA) is 82.8 Å². The van der Waals surface area contributed by atoms with Crippen LogP contribution in [0, 0.1) is 18.7 Å². The minimum absolute atomic E-state index is 0.00101. The summed E-state index contributed by atoms with van der Waals surface area (Å²) in [4.78, 5) is 25.7. The number of halogens is 3. The lowest BCUT2D eigenvalue weighted by Crippen LogP contribution is -2.31. The molecule has 2 atom stereocenters. The Labute approximate surface area is 164 Å². The molecule has 0 spiro atoms. The molecule has 6 nitrogen and oxygen atoms in total. The standard InChI is InChI=1S/C20H21F3N2O4/c1-9-15-12(18(27)13(20(28)29)8-25(15)11-2-3-11)6-14(21)16(9)24-5-4-10(7-24)17(26)19(22)23/h6,8,10-11,17,19,26H,2-5,7H2,1H3,(H,28,29)/t10-,17+/m1/s1. The zero-order valence-corrected chi connectivity index (χ0v) is 15.7. The maximum Gasteiger partial charge on any atom is 0.341 e. The normalized spacial score (nSPS) is 20.6. The van der Waals surface area contributed by atoms with Gasteiger partial charge in [0.25, 0.3) is 6.43 Å². The first-order valence-electron chi connectivity index (χ1n) is 9.53. The molecule has 2 fully saturated rings. The summed E-state index contributed by atoms with van der Waals surface area (Å²) in [6.45, 7) is 2.03. The largest absolute Gasteiger partial charge is 0.477 e.